The highest BCUT2D eigenvalue weighted by molar-refractivity contribution is 5.44. The number of anilines is 3. The molecular weight excluding hydrogens is 264 g/mol. The SMILES string of the molecule is CNc1nc(NCC2(C3CC3)CC2)nc(N2CCCC2)n1. The molecule has 0 bridgehead atoms. The van der Waals surface area contributed by atoms with Gasteiger partial charge in [-0.15, -0.1) is 0 Å². The van der Waals surface area contributed by atoms with Gasteiger partial charge < -0.3 is 15.5 Å². The maximum atomic E-state index is 4.63. The third-order valence-corrected chi connectivity index (χ3v) is 5.17. The normalized spacial score (nSPS) is 23.2. The minimum atomic E-state index is 0.556. The molecular formula is C15H24N6. The van der Waals surface area contributed by atoms with Gasteiger partial charge in [-0.3, -0.25) is 0 Å². The summed E-state index contributed by atoms with van der Waals surface area (Å²) >= 11 is 0. The van der Waals surface area contributed by atoms with Crippen LogP contribution in [0.3, 0.4) is 0 Å². The first-order valence-electron chi connectivity index (χ1n) is 8.22. The zero-order valence-electron chi connectivity index (χ0n) is 12.7. The van der Waals surface area contributed by atoms with Crippen molar-refractivity contribution >= 4 is 17.8 Å². The van der Waals surface area contributed by atoms with Gasteiger partial charge >= 0.3 is 0 Å². The lowest BCUT2D eigenvalue weighted by Crippen LogP contribution is -2.23. The maximum Gasteiger partial charge on any atom is 0.231 e. The molecule has 1 aromatic rings. The molecule has 21 heavy (non-hydrogen) atoms. The van der Waals surface area contributed by atoms with Gasteiger partial charge in [0, 0.05) is 26.7 Å². The van der Waals surface area contributed by atoms with Crippen LogP contribution in [0.25, 0.3) is 0 Å². The zero-order valence-corrected chi connectivity index (χ0v) is 12.7. The molecule has 0 radical (unpaired) electrons. The molecule has 0 atom stereocenters. The zero-order chi connectivity index (χ0) is 14.3. The van der Waals surface area contributed by atoms with Crippen molar-refractivity contribution in [3.8, 4) is 0 Å². The summed E-state index contributed by atoms with van der Waals surface area (Å²) < 4.78 is 0. The summed E-state index contributed by atoms with van der Waals surface area (Å²) in [6.45, 7) is 3.13. The van der Waals surface area contributed by atoms with E-state index in [0.29, 0.717) is 11.4 Å². The number of hydrogen-bond acceptors (Lipinski definition) is 6. The molecule has 3 aliphatic rings. The highest BCUT2D eigenvalue weighted by atomic mass is 15.3. The monoisotopic (exact) mass is 288 g/mol. The van der Waals surface area contributed by atoms with Crippen molar-refractivity contribution in [2.75, 3.05) is 42.2 Å². The van der Waals surface area contributed by atoms with Gasteiger partial charge in [0.15, 0.2) is 0 Å². The average molecular weight is 288 g/mol. The Morgan fingerprint density at radius 2 is 1.81 bits per heavy atom. The van der Waals surface area contributed by atoms with Crippen molar-refractivity contribution in [3.63, 3.8) is 0 Å². The fourth-order valence-corrected chi connectivity index (χ4v) is 3.45. The van der Waals surface area contributed by atoms with Crippen LogP contribution in [0.15, 0.2) is 0 Å². The highest BCUT2D eigenvalue weighted by Gasteiger charge is 2.53. The summed E-state index contributed by atoms with van der Waals surface area (Å²) in [7, 11) is 1.86. The molecule has 1 aliphatic heterocycles. The van der Waals surface area contributed by atoms with Gasteiger partial charge in [-0.1, -0.05) is 0 Å². The third kappa shape index (κ3) is 2.63. The van der Waals surface area contributed by atoms with Gasteiger partial charge in [0.1, 0.15) is 0 Å². The van der Waals surface area contributed by atoms with Crippen molar-refractivity contribution in [1.82, 2.24) is 15.0 Å². The molecule has 2 N–H and O–H groups in total. The van der Waals surface area contributed by atoms with E-state index < -0.39 is 0 Å². The topological polar surface area (TPSA) is 66.0 Å². The van der Waals surface area contributed by atoms with Gasteiger partial charge in [-0.05, 0) is 49.9 Å². The van der Waals surface area contributed by atoms with Gasteiger partial charge in [-0.25, -0.2) is 0 Å². The molecule has 3 fully saturated rings. The number of nitrogens with one attached hydrogen (secondary N) is 2. The van der Waals surface area contributed by atoms with Gasteiger partial charge in [0.25, 0.3) is 0 Å². The van der Waals surface area contributed by atoms with Crippen LogP contribution >= 0.6 is 0 Å². The first-order chi connectivity index (χ1) is 10.3. The van der Waals surface area contributed by atoms with Crippen molar-refractivity contribution in [2.45, 2.75) is 38.5 Å². The van der Waals surface area contributed by atoms with Crippen LogP contribution in [-0.4, -0.2) is 41.6 Å². The molecule has 0 amide bonds. The highest BCUT2D eigenvalue weighted by Crippen LogP contribution is 2.61. The second kappa shape index (κ2) is 5.00. The lowest BCUT2D eigenvalue weighted by Gasteiger charge is -2.18. The number of aromatic nitrogens is 3. The second-order valence-electron chi connectivity index (χ2n) is 6.72. The Balaban J connectivity index is 1.49. The predicted octanol–water partition coefficient (Wildman–Crippen LogP) is 2.12. The molecule has 114 valence electrons. The van der Waals surface area contributed by atoms with E-state index in [1.807, 2.05) is 7.05 Å². The quantitative estimate of drug-likeness (QED) is 0.836. The summed E-state index contributed by atoms with van der Waals surface area (Å²) in [5.74, 6) is 3.15. The Kier molecular flexibility index (Phi) is 3.12. The minimum absolute atomic E-state index is 0.556. The molecule has 2 saturated carbocycles. The van der Waals surface area contributed by atoms with Crippen LogP contribution in [0.2, 0.25) is 0 Å². The Labute approximate surface area is 125 Å². The van der Waals surface area contributed by atoms with Crippen molar-refractivity contribution < 1.29 is 0 Å². The molecule has 2 aliphatic carbocycles. The molecule has 0 spiro atoms. The van der Waals surface area contributed by atoms with E-state index in [9.17, 15) is 0 Å². The second-order valence-corrected chi connectivity index (χ2v) is 6.72. The first kappa shape index (κ1) is 13.1. The fourth-order valence-electron chi connectivity index (χ4n) is 3.45. The van der Waals surface area contributed by atoms with Crippen LogP contribution in [0.1, 0.15) is 38.5 Å². The fraction of sp³-hybridized carbons (Fsp3) is 0.800. The standard InChI is InChI=1S/C15H24N6/c1-16-12-18-13(17-10-15(6-7-15)11-4-5-11)20-14(19-12)21-8-2-3-9-21/h11H,2-10H2,1H3,(H2,16,17,18,19,20). The van der Waals surface area contributed by atoms with Gasteiger partial charge in [0.05, 0.1) is 0 Å². The lowest BCUT2D eigenvalue weighted by atomic mass is 10.0. The smallest absolute Gasteiger partial charge is 0.231 e. The largest absolute Gasteiger partial charge is 0.357 e. The van der Waals surface area contributed by atoms with Crippen LogP contribution in [0, 0.1) is 11.3 Å². The first-order valence-corrected chi connectivity index (χ1v) is 8.22. The summed E-state index contributed by atoms with van der Waals surface area (Å²) in [4.78, 5) is 15.8. The van der Waals surface area contributed by atoms with Crippen LogP contribution in [0.4, 0.5) is 17.8 Å². The van der Waals surface area contributed by atoms with E-state index in [0.717, 1.165) is 37.4 Å². The van der Waals surface area contributed by atoms with E-state index in [4.69, 9.17) is 0 Å². The third-order valence-electron chi connectivity index (χ3n) is 5.17. The van der Waals surface area contributed by atoms with E-state index in [-0.39, 0.29) is 0 Å². The molecule has 0 unspecified atom stereocenters. The summed E-state index contributed by atoms with van der Waals surface area (Å²) in [6.07, 6.45) is 8.03. The van der Waals surface area contributed by atoms with E-state index in [1.54, 1.807) is 0 Å². The van der Waals surface area contributed by atoms with Crippen LogP contribution in [0.5, 0.6) is 0 Å². The lowest BCUT2D eigenvalue weighted by molar-refractivity contribution is 0.465. The number of hydrogen-bond donors (Lipinski definition) is 2. The Morgan fingerprint density at radius 1 is 1.10 bits per heavy atom. The van der Waals surface area contributed by atoms with Crippen molar-refractivity contribution in [2.24, 2.45) is 11.3 Å². The molecule has 1 aromatic heterocycles. The van der Waals surface area contributed by atoms with Crippen LogP contribution < -0.4 is 15.5 Å². The molecule has 2 heterocycles. The average Bonchev–Trinajstić information content (AvgIpc) is 3.43. The predicted molar refractivity (Wildman–Crippen MR) is 83.7 cm³/mol. The molecule has 4 rings (SSSR count). The van der Waals surface area contributed by atoms with Crippen molar-refractivity contribution in [1.29, 1.82) is 0 Å². The van der Waals surface area contributed by atoms with E-state index >= 15 is 0 Å². The number of nitrogens with zero attached hydrogens (tertiary/aromatic N) is 4. The van der Waals surface area contributed by atoms with E-state index in [2.05, 4.69) is 30.5 Å². The van der Waals surface area contributed by atoms with Gasteiger partial charge in [0.2, 0.25) is 17.8 Å². The maximum absolute atomic E-state index is 4.63. The summed E-state index contributed by atoms with van der Waals surface area (Å²) in [5.41, 5.74) is 0.556. The summed E-state index contributed by atoms with van der Waals surface area (Å²) in [5, 5.41) is 6.53. The Morgan fingerprint density at radius 3 is 2.43 bits per heavy atom. The Hall–Kier alpha value is -1.59. The summed E-state index contributed by atoms with van der Waals surface area (Å²) in [6, 6.07) is 0. The molecule has 0 aromatic carbocycles. The Bertz CT molecular complexity index is 517. The van der Waals surface area contributed by atoms with Gasteiger partial charge in [-0.2, -0.15) is 15.0 Å². The molecule has 6 nitrogen and oxygen atoms in total. The number of rotatable bonds is 6. The minimum Gasteiger partial charge on any atom is -0.357 e. The van der Waals surface area contributed by atoms with Crippen LogP contribution in [-0.2, 0) is 0 Å². The molecule has 1 saturated heterocycles. The molecule has 6 heteroatoms. The van der Waals surface area contributed by atoms with Crippen molar-refractivity contribution in [3.05, 3.63) is 0 Å². The van der Waals surface area contributed by atoms with E-state index in [1.165, 1.54) is 38.5 Å².